The number of H-pyrrole nitrogens is 1. The molecule has 0 aliphatic carbocycles. The van der Waals surface area contributed by atoms with E-state index in [1.807, 2.05) is 0 Å². The molecule has 0 saturated carbocycles. The molecule has 56 valence electrons. The molecule has 1 heterocycles. The van der Waals surface area contributed by atoms with Crippen LogP contribution < -0.4 is 0 Å². The number of rotatable bonds is 1. The molecule has 0 fully saturated rings. The maximum absolute atomic E-state index is 3.93. The molecule has 1 aromatic heterocycles. The molecule has 1 rings (SSSR count). The van der Waals surface area contributed by atoms with Crippen LogP contribution in [0.25, 0.3) is 0 Å². The van der Waals surface area contributed by atoms with Crippen LogP contribution in [0.2, 0.25) is 0 Å². The van der Waals surface area contributed by atoms with Crippen molar-refractivity contribution in [3.05, 3.63) is 6.20 Å². The molecule has 0 aromatic carbocycles. The second kappa shape index (κ2) is 2.62. The highest BCUT2D eigenvalue weighted by Crippen LogP contribution is 2.28. The van der Waals surface area contributed by atoms with Crippen LogP contribution in [0.15, 0.2) is 11.2 Å². The van der Waals surface area contributed by atoms with Gasteiger partial charge in [0, 0.05) is 4.75 Å². The lowest BCUT2D eigenvalue weighted by molar-refractivity contribution is 0.797. The van der Waals surface area contributed by atoms with E-state index in [1.54, 1.807) is 18.0 Å². The standard InChI is InChI=1S/C6H11N3S/c1-6(2,3)10-5-4-7-9-8-5/h4H,1-3H3,(H,7,8,9). The van der Waals surface area contributed by atoms with Gasteiger partial charge in [0.25, 0.3) is 0 Å². The molecule has 0 saturated heterocycles. The summed E-state index contributed by atoms with van der Waals surface area (Å²) in [6.07, 6.45) is 1.73. The van der Waals surface area contributed by atoms with Crippen molar-refractivity contribution >= 4 is 11.8 Å². The normalized spacial score (nSPS) is 11.9. The molecule has 1 aromatic rings. The minimum absolute atomic E-state index is 0.219. The third kappa shape index (κ3) is 2.39. The van der Waals surface area contributed by atoms with E-state index in [4.69, 9.17) is 0 Å². The van der Waals surface area contributed by atoms with Crippen LogP contribution in [-0.4, -0.2) is 20.2 Å². The quantitative estimate of drug-likeness (QED) is 0.631. The van der Waals surface area contributed by atoms with Gasteiger partial charge in [0.15, 0.2) is 0 Å². The summed E-state index contributed by atoms with van der Waals surface area (Å²) in [6, 6.07) is 0. The highest BCUT2D eigenvalue weighted by Gasteiger charge is 2.12. The summed E-state index contributed by atoms with van der Waals surface area (Å²) in [5, 5.41) is 11.2. The van der Waals surface area contributed by atoms with Crippen molar-refractivity contribution in [1.82, 2.24) is 15.4 Å². The van der Waals surface area contributed by atoms with Crippen LogP contribution >= 0.6 is 11.8 Å². The first-order valence-electron chi connectivity index (χ1n) is 3.13. The van der Waals surface area contributed by atoms with Gasteiger partial charge in [-0.05, 0) is 0 Å². The molecule has 0 radical (unpaired) electrons. The monoisotopic (exact) mass is 157 g/mol. The molecule has 0 spiro atoms. The Hall–Kier alpha value is -0.510. The van der Waals surface area contributed by atoms with Gasteiger partial charge in [0.1, 0.15) is 5.03 Å². The van der Waals surface area contributed by atoms with E-state index >= 15 is 0 Å². The minimum atomic E-state index is 0.219. The highest BCUT2D eigenvalue weighted by atomic mass is 32.2. The first-order chi connectivity index (χ1) is 4.58. The number of hydrogen-bond donors (Lipinski definition) is 1. The summed E-state index contributed by atoms with van der Waals surface area (Å²) in [5.41, 5.74) is 0. The lowest BCUT2D eigenvalue weighted by Gasteiger charge is -2.14. The van der Waals surface area contributed by atoms with Crippen molar-refractivity contribution in [2.45, 2.75) is 30.5 Å². The SMILES string of the molecule is CC(C)(C)Sc1cn[nH]n1. The molecule has 0 amide bonds. The van der Waals surface area contributed by atoms with Gasteiger partial charge < -0.3 is 0 Å². The molecule has 4 heteroatoms. The topological polar surface area (TPSA) is 41.6 Å². The number of hydrogen-bond acceptors (Lipinski definition) is 3. The first kappa shape index (κ1) is 7.60. The molecule has 0 bridgehead atoms. The maximum atomic E-state index is 3.93. The van der Waals surface area contributed by atoms with Crippen molar-refractivity contribution in [1.29, 1.82) is 0 Å². The number of nitrogens with one attached hydrogen (secondary N) is 1. The zero-order valence-corrected chi connectivity index (χ0v) is 7.20. The Balaban J connectivity index is 2.57. The van der Waals surface area contributed by atoms with E-state index in [1.165, 1.54) is 0 Å². The van der Waals surface area contributed by atoms with Crippen molar-refractivity contribution < 1.29 is 0 Å². The Morgan fingerprint density at radius 2 is 2.20 bits per heavy atom. The van der Waals surface area contributed by atoms with Crippen LogP contribution in [0.5, 0.6) is 0 Å². The fourth-order valence-corrected chi connectivity index (χ4v) is 1.37. The zero-order valence-electron chi connectivity index (χ0n) is 6.38. The average molecular weight is 157 g/mol. The van der Waals surface area contributed by atoms with Gasteiger partial charge in [-0.1, -0.05) is 32.5 Å². The third-order valence-electron chi connectivity index (χ3n) is 0.804. The summed E-state index contributed by atoms with van der Waals surface area (Å²) in [5.74, 6) is 0. The van der Waals surface area contributed by atoms with Crippen LogP contribution in [0.1, 0.15) is 20.8 Å². The Kier molecular flexibility index (Phi) is 1.99. The van der Waals surface area contributed by atoms with Crippen molar-refractivity contribution in [2.75, 3.05) is 0 Å². The number of aromatic amines is 1. The predicted molar refractivity (Wildman–Crippen MR) is 42.0 cm³/mol. The van der Waals surface area contributed by atoms with E-state index in [-0.39, 0.29) is 4.75 Å². The summed E-state index contributed by atoms with van der Waals surface area (Å²) in [4.78, 5) is 0. The van der Waals surface area contributed by atoms with Gasteiger partial charge in [0.2, 0.25) is 0 Å². The fourth-order valence-electron chi connectivity index (χ4n) is 0.554. The summed E-state index contributed by atoms with van der Waals surface area (Å²) in [7, 11) is 0. The zero-order chi connectivity index (χ0) is 7.61. The second-order valence-electron chi connectivity index (χ2n) is 3.02. The molecule has 10 heavy (non-hydrogen) atoms. The van der Waals surface area contributed by atoms with Crippen molar-refractivity contribution in [3.63, 3.8) is 0 Å². The van der Waals surface area contributed by atoms with Gasteiger partial charge in [0.05, 0.1) is 6.20 Å². The molecule has 0 aliphatic rings. The molecule has 0 atom stereocenters. The van der Waals surface area contributed by atoms with E-state index in [0.29, 0.717) is 0 Å². The second-order valence-corrected chi connectivity index (χ2v) is 4.87. The number of thioether (sulfide) groups is 1. The summed E-state index contributed by atoms with van der Waals surface area (Å²) in [6.45, 7) is 6.44. The Morgan fingerprint density at radius 1 is 1.50 bits per heavy atom. The average Bonchev–Trinajstić information content (AvgIpc) is 2.12. The van der Waals surface area contributed by atoms with Crippen LogP contribution in [0.4, 0.5) is 0 Å². The Bertz CT molecular complexity index is 187. The lowest BCUT2D eigenvalue weighted by atomic mass is 10.3. The van der Waals surface area contributed by atoms with Gasteiger partial charge in [-0.25, -0.2) is 0 Å². The largest absolute Gasteiger partial charge is 0.197 e. The maximum Gasteiger partial charge on any atom is 0.139 e. The van der Waals surface area contributed by atoms with Crippen LogP contribution in [-0.2, 0) is 0 Å². The van der Waals surface area contributed by atoms with Crippen molar-refractivity contribution in [3.8, 4) is 0 Å². The van der Waals surface area contributed by atoms with E-state index in [2.05, 4.69) is 36.2 Å². The van der Waals surface area contributed by atoms with Crippen molar-refractivity contribution in [2.24, 2.45) is 0 Å². The summed E-state index contributed by atoms with van der Waals surface area (Å²) < 4.78 is 0.219. The number of nitrogens with zero attached hydrogens (tertiary/aromatic N) is 2. The lowest BCUT2D eigenvalue weighted by Crippen LogP contribution is -2.06. The molecular weight excluding hydrogens is 146 g/mol. The molecule has 0 aliphatic heterocycles. The highest BCUT2D eigenvalue weighted by molar-refractivity contribution is 8.00. The molecule has 1 N–H and O–H groups in total. The van der Waals surface area contributed by atoms with Gasteiger partial charge >= 0.3 is 0 Å². The molecule has 0 unspecified atom stereocenters. The van der Waals surface area contributed by atoms with E-state index in [0.717, 1.165) is 5.03 Å². The van der Waals surface area contributed by atoms with Crippen LogP contribution in [0, 0.1) is 0 Å². The van der Waals surface area contributed by atoms with Crippen LogP contribution in [0.3, 0.4) is 0 Å². The van der Waals surface area contributed by atoms with E-state index in [9.17, 15) is 0 Å². The summed E-state index contributed by atoms with van der Waals surface area (Å²) >= 11 is 1.70. The predicted octanol–water partition coefficient (Wildman–Crippen LogP) is 1.70. The molecular formula is C6H11N3S. The Labute approximate surface area is 64.6 Å². The molecule has 3 nitrogen and oxygen atoms in total. The third-order valence-corrected chi connectivity index (χ3v) is 1.82. The fraction of sp³-hybridized carbons (Fsp3) is 0.667. The van der Waals surface area contributed by atoms with Gasteiger partial charge in [-0.15, -0.1) is 5.10 Å². The first-order valence-corrected chi connectivity index (χ1v) is 3.94. The van der Waals surface area contributed by atoms with Gasteiger partial charge in [-0.2, -0.15) is 10.3 Å². The smallest absolute Gasteiger partial charge is 0.139 e. The minimum Gasteiger partial charge on any atom is -0.197 e. The van der Waals surface area contributed by atoms with E-state index < -0.39 is 0 Å². The Morgan fingerprint density at radius 3 is 2.60 bits per heavy atom. The van der Waals surface area contributed by atoms with Gasteiger partial charge in [-0.3, -0.25) is 0 Å². The number of aromatic nitrogens is 3.